The summed E-state index contributed by atoms with van der Waals surface area (Å²) >= 11 is 3.43. The van der Waals surface area contributed by atoms with E-state index in [1.165, 1.54) is 12.8 Å². The number of benzene rings is 1. The van der Waals surface area contributed by atoms with Crippen LogP contribution in [0.2, 0.25) is 0 Å². The van der Waals surface area contributed by atoms with Crippen molar-refractivity contribution in [1.82, 2.24) is 5.32 Å². The molecule has 0 atom stereocenters. The van der Waals surface area contributed by atoms with Crippen molar-refractivity contribution >= 4 is 27.6 Å². The van der Waals surface area contributed by atoms with Crippen LogP contribution in [0.5, 0.6) is 0 Å². The third kappa shape index (κ3) is 5.51. The van der Waals surface area contributed by atoms with Gasteiger partial charge in [0.2, 0.25) is 0 Å². The topological polar surface area (TPSA) is 50.4 Å². The lowest BCUT2D eigenvalue weighted by Gasteiger charge is -2.10. The summed E-state index contributed by atoms with van der Waals surface area (Å²) in [6, 6.07) is 5.64. The summed E-state index contributed by atoms with van der Waals surface area (Å²) in [5.74, 6) is 0.796. The zero-order valence-electron chi connectivity index (χ0n) is 11.7. The van der Waals surface area contributed by atoms with Crippen LogP contribution < -0.4 is 10.6 Å². The van der Waals surface area contributed by atoms with Crippen LogP contribution in [0.1, 0.15) is 24.8 Å². The fourth-order valence-corrected chi connectivity index (χ4v) is 2.39. The van der Waals surface area contributed by atoms with Crippen LogP contribution in [0.25, 0.3) is 0 Å². The van der Waals surface area contributed by atoms with Gasteiger partial charge in [0.05, 0.1) is 5.69 Å². The number of amides is 2. The molecule has 1 saturated carbocycles. The van der Waals surface area contributed by atoms with E-state index < -0.39 is 0 Å². The van der Waals surface area contributed by atoms with Crippen LogP contribution in [0.3, 0.4) is 0 Å². The highest BCUT2D eigenvalue weighted by Gasteiger charge is 2.20. The fourth-order valence-electron chi connectivity index (χ4n) is 1.80. The third-order valence-electron chi connectivity index (χ3n) is 3.17. The molecular weight excluding hydrogens is 320 g/mol. The van der Waals surface area contributed by atoms with E-state index in [0.717, 1.165) is 34.7 Å². The lowest BCUT2D eigenvalue weighted by molar-refractivity contribution is 0.122. The summed E-state index contributed by atoms with van der Waals surface area (Å²) < 4.78 is 6.40. The molecule has 2 N–H and O–H groups in total. The SMILES string of the molecule is Cc1ccc(NC(=O)NCCCOCC2CC2)c(Br)c1. The van der Waals surface area contributed by atoms with Crippen LogP contribution in [-0.2, 0) is 4.74 Å². The molecule has 110 valence electrons. The molecule has 2 amide bonds. The van der Waals surface area contributed by atoms with E-state index in [9.17, 15) is 4.79 Å². The minimum Gasteiger partial charge on any atom is -0.381 e. The minimum atomic E-state index is -0.184. The van der Waals surface area contributed by atoms with Crippen LogP contribution in [0, 0.1) is 12.8 Å². The van der Waals surface area contributed by atoms with E-state index in [-0.39, 0.29) is 6.03 Å². The minimum absolute atomic E-state index is 0.184. The Bertz CT molecular complexity index is 461. The molecule has 1 aromatic carbocycles. The number of carbonyl (C=O) groups excluding carboxylic acids is 1. The molecule has 0 aliphatic heterocycles. The Balaban J connectivity index is 1.59. The van der Waals surface area contributed by atoms with Gasteiger partial charge in [0.1, 0.15) is 0 Å². The van der Waals surface area contributed by atoms with Gasteiger partial charge in [-0.1, -0.05) is 6.07 Å². The molecule has 0 aromatic heterocycles. The number of anilines is 1. The van der Waals surface area contributed by atoms with Gasteiger partial charge < -0.3 is 15.4 Å². The number of hydrogen-bond acceptors (Lipinski definition) is 2. The maximum atomic E-state index is 11.7. The first kappa shape index (κ1) is 15.3. The molecule has 4 nitrogen and oxygen atoms in total. The first-order valence-corrected chi connectivity index (χ1v) is 7.83. The molecule has 0 radical (unpaired) electrons. The van der Waals surface area contributed by atoms with E-state index in [2.05, 4.69) is 26.6 Å². The molecule has 5 heteroatoms. The maximum absolute atomic E-state index is 11.7. The Kier molecular flexibility index (Phi) is 5.86. The van der Waals surface area contributed by atoms with Gasteiger partial charge >= 0.3 is 6.03 Å². The summed E-state index contributed by atoms with van der Waals surface area (Å²) in [5, 5.41) is 5.64. The van der Waals surface area contributed by atoms with Crippen molar-refractivity contribution in [2.75, 3.05) is 25.1 Å². The van der Waals surface area contributed by atoms with Crippen molar-refractivity contribution in [3.05, 3.63) is 28.2 Å². The Morgan fingerprint density at radius 1 is 1.45 bits per heavy atom. The average molecular weight is 341 g/mol. The van der Waals surface area contributed by atoms with E-state index in [1.54, 1.807) is 0 Å². The van der Waals surface area contributed by atoms with Crippen LogP contribution >= 0.6 is 15.9 Å². The lowest BCUT2D eigenvalue weighted by Crippen LogP contribution is -2.30. The monoisotopic (exact) mass is 340 g/mol. The van der Waals surface area contributed by atoms with Crippen LogP contribution in [0.15, 0.2) is 22.7 Å². The van der Waals surface area contributed by atoms with Crippen molar-refractivity contribution in [2.45, 2.75) is 26.2 Å². The largest absolute Gasteiger partial charge is 0.381 e. The van der Waals surface area contributed by atoms with E-state index in [0.29, 0.717) is 13.2 Å². The predicted octanol–water partition coefficient (Wildman–Crippen LogP) is 3.70. The molecule has 2 rings (SSSR count). The van der Waals surface area contributed by atoms with Crippen molar-refractivity contribution in [3.8, 4) is 0 Å². The van der Waals surface area contributed by atoms with Crippen molar-refractivity contribution in [2.24, 2.45) is 5.92 Å². The van der Waals surface area contributed by atoms with Gasteiger partial charge in [-0.25, -0.2) is 4.79 Å². The second-order valence-electron chi connectivity index (χ2n) is 5.24. The van der Waals surface area contributed by atoms with Crippen molar-refractivity contribution in [1.29, 1.82) is 0 Å². The second-order valence-corrected chi connectivity index (χ2v) is 6.09. The van der Waals surface area contributed by atoms with Gasteiger partial charge in [-0.2, -0.15) is 0 Å². The van der Waals surface area contributed by atoms with Gasteiger partial charge in [-0.3, -0.25) is 0 Å². The van der Waals surface area contributed by atoms with Gasteiger partial charge in [0, 0.05) is 24.2 Å². The number of aryl methyl sites for hydroxylation is 1. The highest BCUT2D eigenvalue weighted by Crippen LogP contribution is 2.28. The summed E-state index contributed by atoms with van der Waals surface area (Å²) in [4.78, 5) is 11.7. The molecule has 0 saturated heterocycles. The highest BCUT2D eigenvalue weighted by atomic mass is 79.9. The van der Waals surface area contributed by atoms with Crippen LogP contribution in [-0.4, -0.2) is 25.8 Å². The van der Waals surface area contributed by atoms with Crippen LogP contribution in [0.4, 0.5) is 10.5 Å². The number of urea groups is 1. The Labute approximate surface area is 128 Å². The third-order valence-corrected chi connectivity index (χ3v) is 3.83. The summed E-state index contributed by atoms with van der Waals surface area (Å²) in [5.41, 5.74) is 1.92. The smallest absolute Gasteiger partial charge is 0.319 e. The molecule has 0 heterocycles. The van der Waals surface area contributed by atoms with E-state index in [1.807, 2.05) is 25.1 Å². The molecule has 1 aliphatic carbocycles. The number of ether oxygens (including phenoxy) is 1. The molecule has 20 heavy (non-hydrogen) atoms. The van der Waals surface area contributed by atoms with Crippen molar-refractivity contribution < 1.29 is 9.53 Å². The first-order valence-electron chi connectivity index (χ1n) is 7.04. The number of nitrogens with one attached hydrogen (secondary N) is 2. The number of carbonyl (C=O) groups is 1. The highest BCUT2D eigenvalue weighted by molar-refractivity contribution is 9.10. The van der Waals surface area contributed by atoms with Gasteiger partial charge in [0.15, 0.2) is 0 Å². The molecule has 0 spiro atoms. The quantitative estimate of drug-likeness (QED) is 0.743. The Morgan fingerprint density at radius 2 is 2.25 bits per heavy atom. The molecule has 1 aliphatic rings. The van der Waals surface area contributed by atoms with Gasteiger partial charge in [0.25, 0.3) is 0 Å². The number of hydrogen-bond donors (Lipinski definition) is 2. The molecule has 1 aromatic rings. The average Bonchev–Trinajstić information content (AvgIpc) is 3.21. The maximum Gasteiger partial charge on any atom is 0.319 e. The first-order chi connectivity index (χ1) is 9.65. The Morgan fingerprint density at radius 3 is 2.95 bits per heavy atom. The lowest BCUT2D eigenvalue weighted by atomic mass is 10.2. The van der Waals surface area contributed by atoms with E-state index >= 15 is 0 Å². The summed E-state index contributed by atoms with van der Waals surface area (Å²) in [6.07, 6.45) is 3.47. The molecule has 0 unspecified atom stereocenters. The number of halogens is 1. The standard InChI is InChI=1S/C15H21BrN2O2/c1-11-3-6-14(13(16)9-11)18-15(19)17-7-2-8-20-10-12-4-5-12/h3,6,9,12H,2,4-5,7-8,10H2,1H3,(H2,17,18,19). The van der Waals surface area contributed by atoms with Gasteiger partial charge in [-0.05, 0) is 65.7 Å². The number of rotatable bonds is 7. The second kappa shape index (κ2) is 7.64. The zero-order chi connectivity index (χ0) is 14.4. The predicted molar refractivity (Wildman–Crippen MR) is 84.1 cm³/mol. The molecule has 0 bridgehead atoms. The zero-order valence-corrected chi connectivity index (χ0v) is 13.3. The molecule has 1 fully saturated rings. The van der Waals surface area contributed by atoms with Gasteiger partial charge in [-0.15, -0.1) is 0 Å². The normalized spacial score (nSPS) is 14.1. The molecular formula is C15H21BrN2O2. The summed E-state index contributed by atoms with van der Waals surface area (Å²) in [7, 11) is 0. The summed E-state index contributed by atoms with van der Waals surface area (Å²) in [6.45, 7) is 4.23. The van der Waals surface area contributed by atoms with E-state index in [4.69, 9.17) is 4.74 Å². The fraction of sp³-hybridized carbons (Fsp3) is 0.533. The van der Waals surface area contributed by atoms with Crippen molar-refractivity contribution in [3.63, 3.8) is 0 Å². The Hall–Kier alpha value is -1.07.